The largest absolute Gasteiger partial charge is 0.378 e. The van der Waals surface area contributed by atoms with E-state index in [0.717, 1.165) is 37.9 Å². The molecule has 2 aliphatic rings. The molecule has 1 fully saturated rings. The smallest absolute Gasteiger partial charge is 0.161 e. The lowest BCUT2D eigenvalue weighted by atomic mass is 9.97. The quantitative estimate of drug-likeness (QED) is 0.731. The molecule has 16 heavy (non-hydrogen) atoms. The van der Waals surface area contributed by atoms with Crippen LogP contribution in [0.1, 0.15) is 57.8 Å². The van der Waals surface area contributed by atoms with E-state index in [0.29, 0.717) is 12.2 Å². The number of hydrogen-bond acceptors (Lipinski definition) is 2. The van der Waals surface area contributed by atoms with Crippen molar-refractivity contribution in [1.29, 1.82) is 0 Å². The normalized spacial score (nSPS) is 27.0. The standard InChI is InChI=1S/C14H22O2/c15-14(11-13-9-5-6-10-16-13)12-7-3-1-2-4-8-12/h7,13H,1-6,8-11H2. The van der Waals surface area contributed by atoms with Crippen LogP contribution in [0.25, 0.3) is 0 Å². The van der Waals surface area contributed by atoms with Gasteiger partial charge >= 0.3 is 0 Å². The van der Waals surface area contributed by atoms with Crippen molar-refractivity contribution in [3.8, 4) is 0 Å². The summed E-state index contributed by atoms with van der Waals surface area (Å²) >= 11 is 0. The van der Waals surface area contributed by atoms with E-state index < -0.39 is 0 Å². The summed E-state index contributed by atoms with van der Waals surface area (Å²) in [6.45, 7) is 0.844. The molecular weight excluding hydrogens is 200 g/mol. The first-order valence-electron chi connectivity index (χ1n) is 6.70. The van der Waals surface area contributed by atoms with E-state index in [9.17, 15) is 4.79 Å². The zero-order valence-corrected chi connectivity index (χ0v) is 10.0. The highest BCUT2D eigenvalue weighted by Gasteiger charge is 2.20. The van der Waals surface area contributed by atoms with Crippen LogP contribution in [0.4, 0.5) is 0 Å². The summed E-state index contributed by atoms with van der Waals surface area (Å²) in [7, 11) is 0. The van der Waals surface area contributed by atoms with Crippen molar-refractivity contribution in [3.05, 3.63) is 11.6 Å². The van der Waals surface area contributed by atoms with Crippen LogP contribution in [-0.2, 0) is 9.53 Å². The highest BCUT2D eigenvalue weighted by atomic mass is 16.5. The Morgan fingerprint density at radius 3 is 3.00 bits per heavy atom. The molecule has 2 heteroatoms. The highest BCUT2D eigenvalue weighted by molar-refractivity contribution is 5.95. The van der Waals surface area contributed by atoms with Gasteiger partial charge in [-0.05, 0) is 50.5 Å². The third-order valence-corrected chi connectivity index (χ3v) is 3.59. The number of rotatable bonds is 3. The minimum absolute atomic E-state index is 0.199. The lowest BCUT2D eigenvalue weighted by Crippen LogP contribution is -2.23. The molecule has 0 N–H and O–H groups in total. The fourth-order valence-electron chi connectivity index (χ4n) is 2.57. The van der Waals surface area contributed by atoms with Crippen molar-refractivity contribution in [1.82, 2.24) is 0 Å². The molecule has 0 spiro atoms. The second-order valence-electron chi connectivity index (χ2n) is 4.94. The Morgan fingerprint density at radius 2 is 2.19 bits per heavy atom. The first-order valence-corrected chi connectivity index (χ1v) is 6.70. The zero-order chi connectivity index (χ0) is 11.2. The topological polar surface area (TPSA) is 26.3 Å². The second-order valence-corrected chi connectivity index (χ2v) is 4.94. The maximum absolute atomic E-state index is 12.1. The van der Waals surface area contributed by atoms with Crippen LogP contribution in [0, 0.1) is 0 Å². The van der Waals surface area contributed by atoms with Gasteiger partial charge in [0.25, 0.3) is 0 Å². The highest BCUT2D eigenvalue weighted by Crippen LogP contribution is 2.22. The number of carbonyl (C=O) groups is 1. The summed E-state index contributed by atoms with van der Waals surface area (Å²) in [5, 5.41) is 0. The summed E-state index contributed by atoms with van der Waals surface area (Å²) in [4.78, 5) is 12.1. The number of hydrogen-bond donors (Lipinski definition) is 0. The average Bonchev–Trinajstić information content (AvgIpc) is 2.59. The molecule has 1 heterocycles. The summed E-state index contributed by atoms with van der Waals surface area (Å²) in [5.74, 6) is 0.341. The van der Waals surface area contributed by atoms with Crippen LogP contribution >= 0.6 is 0 Å². The van der Waals surface area contributed by atoms with Crippen molar-refractivity contribution in [2.75, 3.05) is 6.61 Å². The Kier molecular flexibility index (Phi) is 4.58. The molecule has 2 nitrogen and oxygen atoms in total. The molecule has 0 aromatic carbocycles. The second kappa shape index (κ2) is 6.19. The molecule has 0 amide bonds. The van der Waals surface area contributed by atoms with Crippen molar-refractivity contribution in [2.24, 2.45) is 0 Å². The van der Waals surface area contributed by atoms with Crippen molar-refractivity contribution in [3.63, 3.8) is 0 Å². The number of carbonyl (C=O) groups excluding carboxylic acids is 1. The fraction of sp³-hybridized carbons (Fsp3) is 0.786. The minimum Gasteiger partial charge on any atom is -0.378 e. The molecule has 90 valence electrons. The Balaban J connectivity index is 1.83. The van der Waals surface area contributed by atoms with Crippen molar-refractivity contribution >= 4 is 5.78 Å². The molecule has 1 aliphatic heterocycles. The van der Waals surface area contributed by atoms with Gasteiger partial charge in [0.1, 0.15) is 0 Å². The lowest BCUT2D eigenvalue weighted by molar-refractivity contribution is -0.119. The van der Waals surface area contributed by atoms with Gasteiger partial charge in [-0.1, -0.05) is 12.5 Å². The number of allylic oxidation sites excluding steroid dienone is 2. The molecule has 0 saturated carbocycles. The van der Waals surface area contributed by atoms with Crippen molar-refractivity contribution in [2.45, 2.75) is 63.9 Å². The van der Waals surface area contributed by atoms with E-state index in [4.69, 9.17) is 4.74 Å². The van der Waals surface area contributed by atoms with Gasteiger partial charge in [-0.2, -0.15) is 0 Å². The van der Waals surface area contributed by atoms with Gasteiger partial charge in [0, 0.05) is 13.0 Å². The third-order valence-electron chi connectivity index (χ3n) is 3.59. The molecule has 1 unspecified atom stereocenters. The first-order chi connectivity index (χ1) is 7.86. The van der Waals surface area contributed by atoms with E-state index in [-0.39, 0.29) is 6.10 Å². The minimum atomic E-state index is 0.199. The maximum atomic E-state index is 12.1. The SMILES string of the molecule is O=C(CC1CCCCO1)C1=CCCCCC1. The Labute approximate surface area is 98.1 Å². The molecule has 0 bridgehead atoms. The predicted molar refractivity (Wildman–Crippen MR) is 64.4 cm³/mol. The summed E-state index contributed by atoms with van der Waals surface area (Å²) in [6, 6.07) is 0. The molecule has 1 saturated heterocycles. The van der Waals surface area contributed by atoms with Crippen molar-refractivity contribution < 1.29 is 9.53 Å². The molecule has 2 rings (SSSR count). The maximum Gasteiger partial charge on any atom is 0.161 e. The summed E-state index contributed by atoms with van der Waals surface area (Å²) in [5.41, 5.74) is 1.08. The van der Waals surface area contributed by atoms with Gasteiger partial charge in [0.05, 0.1) is 6.10 Å². The average molecular weight is 222 g/mol. The molecule has 0 aromatic rings. The Morgan fingerprint density at radius 1 is 1.25 bits per heavy atom. The van der Waals surface area contributed by atoms with E-state index >= 15 is 0 Å². The van der Waals surface area contributed by atoms with Gasteiger partial charge in [0.2, 0.25) is 0 Å². The van der Waals surface area contributed by atoms with Crippen LogP contribution in [0.2, 0.25) is 0 Å². The summed E-state index contributed by atoms with van der Waals surface area (Å²) < 4.78 is 5.62. The zero-order valence-electron chi connectivity index (χ0n) is 10.0. The Bertz CT molecular complexity index is 262. The number of ketones is 1. The molecule has 0 radical (unpaired) electrons. The first kappa shape index (κ1) is 11.8. The van der Waals surface area contributed by atoms with Gasteiger partial charge in [-0.15, -0.1) is 0 Å². The van der Waals surface area contributed by atoms with E-state index in [2.05, 4.69) is 6.08 Å². The van der Waals surface area contributed by atoms with Gasteiger partial charge in [0.15, 0.2) is 5.78 Å². The molecule has 1 aliphatic carbocycles. The Hall–Kier alpha value is -0.630. The molecule has 1 atom stereocenters. The van der Waals surface area contributed by atoms with Gasteiger partial charge < -0.3 is 4.74 Å². The van der Waals surface area contributed by atoms with Crippen LogP contribution in [0.5, 0.6) is 0 Å². The van der Waals surface area contributed by atoms with Gasteiger partial charge in [-0.3, -0.25) is 4.79 Å². The fourth-order valence-corrected chi connectivity index (χ4v) is 2.57. The van der Waals surface area contributed by atoms with Crippen LogP contribution in [-0.4, -0.2) is 18.5 Å². The van der Waals surface area contributed by atoms with E-state index in [1.54, 1.807) is 0 Å². The molecule has 0 aromatic heterocycles. The lowest BCUT2D eigenvalue weighted by Gasteiger charge is -2.22. The summed E-state index contributed by atoms with van der Waals surface area (Å²) in [6.07, 6.45) is 12.2. The third kappa shape index (κ3) is 3.44. The predicted octanol–water partition coefficient (Wildman–Crippen LogP) is 3.41. The van der Waals surface area contributed by atoms with Crippen LogP contribution in [0.3, 0.4) is 0 Å². The van der Waals surface area contributed by atoms with E-state index in [1.807, 2.05) is 0 Å². The molecular formula is C14H22O2. The van der Waals surface area contributed by atoms with Crippen LogP contribution in [0.15, 0.2) is 11.6 Å². The van der Waals surface area contributed by atoms with Gasteiger partial charge in [-0.25, -0.2) is 0 Å². The van der Waals surface area contributed by atoms with E-state index in [1.165, 1.54) is 25.7 Å². The number of ether oxygens (including phenoxy) is 1. The monoisotopic (exact) mass is 222 g/mol. The number of Topliss-reactive ketones (excluding diaryl/α,β-unsaturated/α-hetero) is 1. The van der Waals surface area contributed by atoms with Crippen LogP contribution < -0.4 is 0 Å².